The van der Waals surface area contributed by atoms with E-state index in [0.29, 0.717) is 0 Å². The second kappa shape index (κ2) is 9.03. The summed E-state index contributed by atoms with van der Waals surface area (Å²) in [4.78, 5) is 23.3. The number of hydrogen-bond donors (Lipinski definition) is 1. The number of non-ortho nitro benzene ring substituents is 1. The number of rotatable bonds is 9. The standard InChI is InChI=1S/C17H27N3O6S/c1-7-14(17(21)18-12(4)11(2)3)19(27(6,24)25)15-10-13(20(22)23)8-9-16(15)26-5/h8-12,14H,7H2,1-6H3,(H,18,21)/t12-,14-/m0/s1. The first kappa shape index (κ1) is 22.7. The molecular weight excluding hydrogens is 374 g/mol. The first-order valence-corrected chi connectivity index (χ1v) is 10.4. The zero-order chi connectivity index (χ0) is 20.9. The molecule has 27 heavy (non-hydrogen) atoms. The Morgan fingerprint density at radius 2 is 1.93 bits per heavy atom. The van der Waals surface area contributed by atoms with Gasteiger partial charge in [0.05, 0.1) is 18.3 Å². The van der Waals surface area contributed by atoms with Gasteiger partial charge in [-0.05, 0) is 25.3 Å². The molecule has 1 rings (SSSR count). The van der Waals surface area contributed by atoms with Crippen LogP contribution in [0.15, 0.2) is 18.2 Å². The van der Waals surface area contributed by atoms with Crippen LogP contribution in [0.1, 0.15) is 34.1 Å². The smallest absolute Gasteiger partial charge is 0.271 e. The predicted molar refractivity (Wildman–Crippen MR) is 103 cm³/mol. The number of amides is 1. The van der Waals surface area contributed by atoms with Crippen LogP contribution in [0.3, 0.4) is 0 Å². The van der Waals surface area contributed by atoms with Gasteiger partial charge in [0, 0.05) is 18.2 Å². The fourth-order valence-corrected chi connectivity index (χ4v) is 3.69. The summed E-state index contributed by atoms with van der Waals surface area (Å²) in [7, 11) is -2.61. The summed E-state index contributed by atoms with van der Waals surface area (Å²) in [6.07, 6.45) is 1.13. The number of hydrogen-bond acceptors (Lipinski definition) is 6. The Bertz CT molecular complexity index is 794. The highest BCUT2D eigenvalue weighted by Crippen LogP contribution is 2.35. The molecule has 0 radical (unpaired) electrons. The topological polar surface area (TPSA) is 119 Å². The van der Waals surface area contributed by atoms with Gasteiger partial charge in [0.15, 0.2) is 0 Å². The van der Waals surface area contributed by atoms with E-state index in [9.17, 15) is 23.3 Å². The third-order valence-electron chi connectivity index (χ3n) is 4.31. The van der Waals surface area contributed by atoms with Gasteiger partial charge in [-0.3, -0.25) is 19.2 Å². The van der Waals surface area contributed by atoms with Crippen LogP contribution >= 0.6 is 0 Å². The Morgan fingerprint density at radius 1 is 1.33 bits per heavy atom. The third kappa shape index (κ3) is 5.56. The van der Waals surface area contributed by atoms with Crippen molar-refractivity contribution in [3.05, 3.63) is 28.3 Å². The molecule has 0 saturated carbocycles. The van der Waals surface area contributed by atoms with Crippen molar-refractivity contribution in [1.29, 1.82) is 0 Å². The number of anilines is 1. The van der Waals surface area contributed by atoms with Gasteiger partial charge in [-0.25, -0.2) is 8.42 Å². The van der Waals surface area contributed by atoms with Gasteiger partial charge in [-0.1, -0.05) is 20.8 Å². The molecule has 9 nitrogen and oxygen atoms in total. The quantitative estimate of drug-likeness (QED) is 0.501. The van der Waals surface area contributed by atoms with Crippen LogP contribution in [-0.4, -0.2) is 44.7 Å². The second-order valence-electron chi connectivity index (χ2n) is 6.64. The third-order valence-corrected chi connectivity index (χ3v) is 5.48. The van der Waals surface area contributed by atoms with Crippen molar-refractivity contribution < 1.29 is 22.9 Å². The molecule has 0 aliphatic rings. The molecule has 1 aromatic rings. The molecule has 0 saturated heterocycles. The molecular formula is C17H27N3O6S. The normalized spacial score (nSPS) is 13.7. The first-order chi connectivity index (χ1) is 12.4. The number of nitrogens with zero attached hydrogens (tertiary/aromatic N) is 2. The van der Waals surface area contributed by atoms with Crippen LogP contribution in [0.25, 0.3) is 0 Å². The van der Waals surface area contributed by atoms with Crippen molar-refractivity contribution >= 4 is 27.3 Å². The lowest BCUT2D eigenvalue weighted by Gasteiger charge is -2.32. The number of ether oxygens (including phenoxy) is 1. The van der Waals surface area contributed by atoms with Crippen LogP contribution < -0.4 is 14.4 Å². The Kier molecular flexibility index (Phi) is 7.58. The Balaban J connectivity index is 3.51. The zero-order valence-corrected chi connectivity index (χ0v) is 17.2. The van der Waals surface area contributed by atoms with Gasteiger partial charge in [0.1, 0.15) is 17.5 Å². The predicted octanol–water partition coefficient (Wildman–Crippen LogP) is 2.31. The fourth-order valence-electron chi connectivity index (χ4n) is 2.49. The van der Waals surface area contributed by atoms with E-state index in [1.54, 1.807) is 6.92 Å². The average molecular weight is 401 g/mol. The maximum atomic E-state index is 12.8. The number of benzene rings is 1. The minimum absolute atomic E-state index is 0.0478. The summed E-state index contributed by atoms with van der Waals surface area (Å²) in [6.45, 7) is 7.37. The molecule has 0 bridgehead atoms. The summed E-state index contributed by atoms with van der Waals surface area (Å²) in [6, 6.07) is 2.39. The van der Waals surface area contributed by atoms with Gasteiger partial charge in [-0.2, -0.15) is 0 Å². The molecule has 1 aromatic carbocycles. The number of nitro benzene ring substituents is 1. The number of carbonyl (C=O) groups is 1. The number of sulfonamides is 1. The van der Waals surface area contributed by atoms with Gasteiger partial charge in [-0.15, -0.1) is 0 Å². The molecule has 1 amide bonds. The van der Waals surface area contributed by atoms with E-state index in [2.05, 4.69) is 5.32 Å². The molecule has 0 aliphatic carbocycles. The Hall–Kier alpha value is -2.36. The maximum absolute atomic E-state index is 12.8. The fraction of sp³-hybridized carbons (Fsp3) is 0.588. The molecule has 2 atom stereocenters. The highest BCUT2D eigenvalue weighted by molar-refractivity contribution is 7.92. The van der Waals surface area contributed by atoms with E-state index < -0.39 is 26.9 Å². The number of methoxy groups -OCH3 is 1. The molecule has 152 valence electrons. The van der Waals surface area contributed by atoms with Crippen molar-refractivity contribution in [2.45, 2.75) is 46.2 Å². The number of carbonyl (C=O) groups excluding carboxylic acids is 1. The van der Waals surface area contributed by atoms with E-state index in [4.69, 9.17) is 4.74 Å². The summed E-state index contributed by atoms with van der Waals surface area (Å²) in [5.74, 6) is -0.197. The molecule has 1 N–H and O–H groups in total. The average Bonchev–Trinajstić information content (AvgIpc) is 2.57. The molecule has 0 spiro atoms. The van der Waals surface area contributed by atoms with Crippen molar-refractivity contribution in [3.63, 3.8) is 0 Å². The lowest BCUT2D eigenvalue weighted by atomic mass is 10.1. The molecule has 0 unspecified atom stereocenters. The van der Waals surface area contributed by atoms with Crippen molar-refractivity contribution in [1.82, 2.24) is 5.32 Å². The minimum Gasteiger partial charge on any atom is -0.495 e. The zero-order valence-electron chi connectivity index (χ0n) is 16.4. The maximum Gasteiger partial charge on any atom is 0.271 e. The van der Waals surface area contributed by atoms with Gasteiger partial charge in [0.25, 0.3) is 5.69 Å². The van der Waals surface area contributed by atoms with E-state index in [1.165, 1.54) is 19.2 Å². The number of nitro groups is 1. The number of nitrogens with one attached hydrogen (secondary N) is 1. The summed E-state index contributed by atoms with van der Waals surface area (Å²) in [5, 5.41) is 13.9. The Labute approximate surface area is 159 Å². The first-order valence-electron chi connectivity index (χ1n) is 8.56. The van der Waals surface area contributed by atoms with E-state index in [1.807, 2.05) is 20.8 Å². The largest absolute Gasteiger partial charge is 0.495 e. The Morgan fingerprint density at radius 3 is 2.33 bits per heavy atom. The second-order valence-corrected chi connectivity index (χ2v) is 8.50. The van der Waals surface area contributed by atoms with Crippen LogP contribution in [0, 0.1) is 16.0 Å². The van der Waals surface area contributed by atoms with E-state index in [0.717, 1.165) is 16.6 Å². The summed E-state index contributed by atoms with van der Waals surface area (Å²) < 4.78 is 31.1. The highest BCUT2D eigenvalue weighted by Gasteiger charge is 2.35. The van der Waals surface area contributed by atoms with Crippen LogP contribution in [0.5, 0.6) is 5.75 Å². The SMILES string of the molecule is CC[C@@H](C(=O)N[C@@H](C)C(C)C)N(c1cc([N+](=O)[O-])ccc1OC)S(C)(=O)=O. The molecule has 10 heteroatoms. The summed E-state index contributed by atoms with van der Waals surface area (Å²) in [5.41, 5.74) is -0.348. The van der Waals surface area contributed by atoms with Crippen molar-refractivity contribution in [3.8, 4) is 5.75 Å². The van der Waals surface area contributed by atoms with Crippen molar-refractivity contribution in [2.24, 2.45) is 5.92 Å². The molecule has 0 heterocycles. The van der Waals surface area contributed by atoms with Gasteiger partial charge in [0.2, 0.25) is 15.9 Å². The molecule has 0 aliphatic heterocycles. The van der Waals surface area contributed by atoms with E-state index in [-0.39, 0.29) is 35.5 Å². The van der Waals surface area contributed by atoms with E-state index >= 15 is 0 Å². The van der Waals surface area contributed by atoms with Crippen LogP contribution in [-0.2, 0) is 14.8 Å². The monoisotopic (exact) mass is 401 g/mol. The lowest BCUT2D eigenvalue weighted by Crippen LogP contribution is -2.52. The van der Waals surface area contributed by atoms with Crippen molar-refractivity contribution in [2.75, 3.05) is 17.7 Å². The van der Waals surface area contributed by atoms with Gasteiger partial charge < -0.3 is 10.1 Å². The van der Waals surface area contributed by atoms with Gasteiger partial charge >= 0.3 is 0 Å². The van der Waals surface area contributed by atoms with Crippen LogP contribution in [0.2, 0.25) is 0 Å². The summed E-state index contributed by atoms with van der Waals surface area (Å²) >= 11 is 0. The molecule has 0 aromatic heterocycles. The highest BCUT2D eigenvalue weighted by atomic mass is 32.2. The minimum atomic E-state index is -3.94. The van der Waals surface area contributed by atoms with Crippen LogP contribution in [0.4, 0.5) is 11.4 Å². The lowest BCUT2D eigenvalue weighted by molar-refractivity contribution is -0.384. The molecule has 0 fully saturated rings.